The van der Waals surface area contributed by atoms with Gasteiger partial charge in [0.2, 0.25) is 0 Å². The molecule has 1 fully saturated rings. The zero-order chi connectivity index (χ0) is 12.7. The number of halogens is 4. The number of rotatable bonds is 2. The summed E-state index contributed by atoms with van der Waals surface area (Å²) in [5.74, 6) is -0.756. The van der Waals surface area contributed by atoms with Crippen LogP contribution < -0.4 is 5.32 Å². The Bertz CT molecular complexity index is 457. The monoisotopic (exact) mass is 308 g/mol. The number of pyridine rings is 1. The minimum Gasteiger partial charge on any atom is -0.338 e. The third kappa shape index (κ3) is 2.43. The molecule has 0 bridgehead atoms. The number of amides is 1. The van der Waals surface area contributed by atoms with E-state index in [4.69, 9.17) is 0 Å². The van der Waals surface area contributed by atoms with Gasteiger partial charge in [-0.2, -0.15) is 13.2 Å². The van der Waals surface area contributed by atoms with Gasteiger partial charge < -0.3 is 5.32 Å². The van der Waals surface area contributed by atoms with Crippen molar-refractivity contribution in [1.82, 2.24) is 10.3 Å². The second-order valence-electron chi connectivity index (χ2n) is 3.93. The van der Waals surface area contributed by atoms with Gasteiger partial charge in [0.05, 0.1) is 5.56 Å². The Kier molecular flexibility index (Phi) is 2.89. The maximum absolute atomic E-state index is 12.6. The van der Waals surface area contributed by atoms with E-state index in [-0.39, 0.29) is 18.4 Å². The van der Waals surface area contributed by atoms with Gasteiger partial charge in [-0.05, 0) is 34.8 Å². The van der Waals surface area contributed by atoms with E-state index in [0.29, 0.717) is 4.47 Å². The fourth-order valence-electron chi connectivity index (χ4n) is 1.43. The summed E-state index contributed by atoms with van der Waals surface area (Å²) in [4.78, 5) is 15.4. The molecule has 0 radical (unpaired) electrons. The summed E-state index contributed by atoms with van der Waals surface area (Å²) in [5.41, 5.74) is -1.93. The summed E-state index contributed by atoms with van der Waals surface area (Å²) in [5, 5.41) is 2.03. The first kappa shape index (κ1) is 12.3. The molecule has 0 saturated heterocycles. The Morgan fingerprint density at radius 2 is 2.06 bits per heavy atom. The molecule has 7 heteroatoms. The first-order valence-electron chi connectivity index (χ1n) is 4.84. The molecule has 1 N–H and O–H groups in total. The Balaban J connectivity index is 2.13. The van der Waals surface area contributed by atoms with E-state index in [2.05, 4.69) is 20.9 Å². The van der Waals surface area contributed by atoms with Gasteiger partial charge in [0, 0.05) is 16.9 Å². The number of aromatic nitrogens is 1. The number of hydrogen-bond donors (Lipinski definition) is 1. The Morgan fingerprint density at radius 1 is 1.41 bits per heavy atom. The van der Waals surface area contributed by atoms with Crippen LogP contribution in [0.3, 0.4) is 0 Å². The van der Waals surface area contributed by atoms with Crippen molar-refractivity contribution in [2.75, 3.05) is 0 Å². The number of nitrogens with one attached hydrogen (secondary N) is 1. The second-order valence-corrected chi connectivity index (χ2v) is 4.84. The molecule has 3 nitrogen and oxygen atoms in total. The number of nitrogens with zero attached hydrogens (tertiary/aromatic N) is 1. The number of carbonyl (C=O) groups excluding carboxylic acids is 1. The van der Waals surface area contributed by atoms with Gasteiger partial charge in [0.15, 0.2) is 0 Å². The van der Waals surface area contributed by atoms with Crippen LogP contribution in [0.2, 0.25) is 0 Å². The predicted octanol–water partition coefficient (Wildman–Crippen LogP) is 2.67. The maximum atomic E-state index is 12.6. The van der Waals surface area contributed by atoms with Crippen molar-refractivity contribution in [2.24, 2.45) is 0 Å². The highest BCUT2D eigenvalue weighted by Gasteiger charge is 2.64. The highest BCUT2D eigenvalue weighted by atomic mass is 79.9. The number of alkyl halides is 3. The third-order valence-corrected chi connectivity index (χ3v) is 3.05. The van der Waals surface area contributed by atoms with Crippen molar-refractivity contribution in [3.63, 3.8) is 0 Å². The van der Waals surface area contributed by atoms with Crippen molar-refractivity contribution in [3.8, 4) is 0 Å². The second kappa shape index (κ2) is 3.97. The standard InChI is InChI=1S/C10H8BrF3N2O/c11-7-3-6(4-15-5-7)8(17)16-9(1-2-9)10(12,13)14/h3-5H,1-2H2,(H,16,17). The van der Waals surface area contributed by atoms with Crippen molar-refractivity contribution < 1.29 is 18.0 Å². The molecule has 1 heterocycles. The Morgan fingerprint density at radius 3 is 2.53 bits per heavy atom. The van der Waals surface area contributed by atoms with Crippen molar-refractivity contribution >= 4 is 21.8 Å². The molecular formula is C10H8BrF3N2O. The van der Waals surface area contributed by atoms with Crippen LogP contribution in [0.15, 0.2) is 22.9 Å². The number of carbonyl (C=O) groups is 1. The van der Waals surface area contributed by atoms with Crippen LogP contribution in [0.25, 0.3) is 0 Å². The van der Waals surface area contributed by atoms with Gasteiger partial charge in [-0.25, -0.2) is 0 Å². The molecule has 0 aliphatic heterocycles. The SMILES string of the molecule is O=C(NC1(C(F)(F)F)CC1)c1cncc(Br)c1. The van der Waals surface area contributed by atoms with Gasteiger partial charge >= 0.3 is 6.18 Å². The van der Waals surface area contributed by atoms with Gasteiger partial charge in [0.25, 0.3) is 5.91 Å². The molecular weight excluding hydrogens is 301 g/mol. The first-order valence-corrected chi connectivity index (χ1v) is 5.63. The molecule has 0 atom stereocenters. The van der Waals surface area contributed by atoms with E-state index >= 15 is 0 Å². The molecule has 1 amide bonds. The highest BCUT2D eigenvalue weighted by Crippen LogP contribution is 2.49. The van der Waals surface area contributed by atoms with Crippen LogP contribution in [-0.2, 0) is 0 Å². The van der Waals surface area contributed by atoms with Gasteiger partial charge in [-0.15, -0.1) is 0 Å². The lowest BCUT2D eigenvalue weighted by molar-refractivity contribution is -0.163. The fourth-order valence-corrected chi connectivity index (χ4v) is 1.79. The average Bonchev–Trinajstić information content (AvgIpc) is 2.98. The molecule has 1 aliphatic rings. The predicted molar refractivity (Wildman–Crippen MR) is 57.4 cm³/mol. The van der Waals surface area contributed by atoms with Crippen LogP contribution in [0.4, 0.5) is 13.2 Å². The fraction of sp³-hybridized carbons (Fsp3) is 0.400. The molecule has 1 aromatic rings. The summed E-state index contributed by atoms with van der Waals surface area (Å²) < 4.78 is 38.4. The lowest BCUT2D eigenvalue weighted by Gasteiger charge is -2.20. The van der Waals surface area contributed by atoms with E-state index < -0.39 is 17.6 Å². The molecule has 0 aromatic carbocycles. The molecule has 2 rings (SSSR count). The summed E-state index contributed by atoms with van der Waals surface area (Å²) in [6.07, 6.45) is -1.85. The molecule has 0 unspecified atom stereocenters. The molecule has 1 saturated carbocycles. The van der Waals surface area contributed by atoms with Crippen LogP contribution in [-0.4, -0.2) is 22.6 Å². The van der Waals surface area contributed by atoms with Crippen molar-refractivity contribution in [1.29, 1.82) is 0 Å². The van der Waals surface area contributed by atoms with Crippen LogP contribution in [0.5, 0.6) is 0 Å². The van der Waals surface area contributed by atoms with Gasteiger partial charge in [0.1, 0.15) is 5.54 Å². The highest BCUT2D eigenvalue weighted by molar-refractivity contribution is 9.10. The smallest absolute Gasteiger partial charge is 0.338 e. The topological polar surface area (TPSA) is 42.0 Å². The largest absolute Gasteiger partial charge is 0.411 e. The third-order valence-electron chi connectivity index (χ3n) is 2.61. The summed E-state index contributed by atoms with van der Waals surface area (Å²) >= 11 is 3.10. The Hall–Kier alpha value is -1.11. The molecule has 92 valence electrons. The maximum Gasteiger partial charge on any atom is 0.411 e. The number of hydrogen-bond acceptors (Lipinski definition) is 2. The van der Waals surface area contributed by atoms with Crippen LogP contribution in [0, 0.1) is 0 Å². The van der Waals surface area contributed by atoms with E-state index in [1.165, 1.54) is 18.5 Å². The quantitative estimate of drug-likeness (QED) is 0.912. The van der Waals surface area contributed by atoms with E-state index in [1.54, 1.807) is 0 Å². The molecule has 0 spiro atoms. The van der Waals surface area contributed by atoms with Crippen LogP contribution in [0.1, 0.15) is 23.2 Å². The molecule has 1 aliphatic carbocycles. The zero-order valence-electron chi connectivity index (χ0n) is 8.51. The van der Waals surface area contributed by atoms with Crippen molar-refractivity contribution in [2.45, 2.75) is 24.6 Å². The average molecular weight is 309 g/mol. The van der Waals surface area contributed by atoms with Gasteiger partial charge in [-0.3, -0.25) is 9.78 Å². The minimum atomic E-state index is -4.40. The zero-order valence-corrected chi connectivity index (χ0v) is 10.1. The Labute approximate surface area is 104 Å². The summed E-state index contributed by atoms with van der Waals surface area (Å²) in [7, 11) is 0. The van der Waals surface area contributed by atoms with Crippen LogP contribution >= 0.6 is 15.9 Å². The van der Waals surface area contributed by atoms with E-state index in [1.807, 2.05) is 5.32 Å². The lowest BCUT2D eigenvalue weighted by Crippen LogP contribution is -2.47. The molecule has 1 aromatic heterocycles. The van der Waals surface area contributed by atoms with Crippen molar-refractivity contribution in [3.05, 3.63) is 28.5 Å². The normalized spacial score (nSPS) is 17.6. The first-order chi connectivity index (χ1) is 7.84. The van der Waals surface area contributed by atoms with E-state index in [9.17, 15) is 18.0 Å². The van der Waals surface area contributed by atoms with E-state index in [0.717, 1.165) is 0 Å². The van der Waals surface area contributed by atoms with Gasteiger partial charge in [-0.1, -0.05) is 0 Å². The summed E-state index contributed by atoms with van der Waals surface area (Å²) in [6, 6.07) is 1.43. The molecule has 17 heavy (non-hydrogen) atoms. The minimum absolute atomic E-state index is 0.0658. The summed E-state index contributed by atoms with van der Waals surface area (Å²) in [6.45, 7) is 0. The lowest BCUT2D eigenvalue weighted by atomic mass is 10.2.